The molecule has 2 N–H and O–H groups in total. The highest BCUT2D eigenvalue weighted by molar-refractivity contribution is 5.92. The van der Waals surface area contributed by atoms with Crippen molar-refractivity contribution < 1.29 is 18.7 Å². The Labute approximate surface area is 117 Å². The zero-order valence-corrected chi connectivity index (χ0v) is 11.7. The van der Waals surface area contributed by atoms with Gasteiger partial charge in [-0.1, -0.05) is 13.8 Å². The number of rotatable bonds is 6. The predicted octanol–water partition coefficient (Wildman–Crippen LogP) is 2.46. The molecule has 0 bridgehead atoms. The zero-order valence-electron chi connectivity index (χ0n) is 11.7. The summed E-state index contributed by atoms with van der Waals surface area (Å²) in [6, 6.07) is 4.60. The number of hydrogen-bond donors (Lipinski definition) is 2. The molecule has 1 unspecified atom stereocenters. The molecule has 0 saturated carbocycles. The van der Waals surface area contributed by atoms with Gasteiger partial charge >= 0.3 is 0 Å². The van der Waals surface area contributed by atoms with Crippen molar-refractivity contribution in [3.8, 4) is 0 Å². The first-order valence-electron chi connectivity index (χ1n) is 6.76. The molecular weight excluding hydrogens is 258 g/mol. The molecule has 0 aliphatic rings. The van der Waals surface area contributed by atoms with Crippen molar-refractivity contribution in [1.82, 2.24) is 5.32 Å². The topological polar surface area (TPSA) is 75.6 Å². The molecule has 1 amide bonds. The van der Waals surface area contributed by atoms with Crippen LogP contribution in [0.1, 0.15) is 47.5 Å². The van der Waals surface area contributed by atoms with E-state index in [4.69, 9.17) is 8.83 Å². The smallest absolute Gasteiger partial charge is 0.287 e. The van der Waals surface area contributed by atoms with Gasteiger partial charge in [-0.05, 0) is 30.2 Å². The van der Waals surface area contributed by atoms with Crippen molar-refractivity contribution in [2.75, 3.05) is 6.61 Å². The summed E-state index contributed by atoms with van der Waals surface area (Å²) in [4.78, 5) is 12.1. The quantitative estimate of drug-likeness (QED) is 0.850. The number of carbonyl (C=O) groups is 1. The molecule has 0 radical (unpaired) electrons. The Bertz CT molecular complexity index is 535. The van der Waals surface area contributed by atoms with E-state index < -0.39 is 6.04 Å². The highest BCUT2D eigenvalue weighted by atomic mass is 16.4. The van der Waals surface area contributed by atoms with Crippen LogP contribution in [0.25, 0.3) is 0 Å². The predicted molar refractivity (Wildman–Crippen MR) is 73.5 cm³/mol. The van der Waals surface area contributed by atoms with Gasteiger partial charge in [-0.15, -0.1) is 0 Å². The van der Waals surface area contributed by atoms with Crippen LogP contribution in [0.3, 0.4) is 0 Å². The molecular formula is C15H19NO4. The van der Waals surface area contributed by atoms with Gasteiger partial charge in [-0.3, -0.25) is 4.79 Å². The fourth-order valence-electron chi connectivity index (χ4n) is 2.10. The van der Waals surface area contributed by atoms with Crippen molar-refractivity contribution in [3.63, 3.8) is 0 Å². The van der Waals surface area contributed by atoms with E-state index in [9.17, 15) is 9.90 Å². The second-order valence-electron chi connectivity index (χ2n) is 4.49. The summed E-state index contributed by atoms with van der Waals surface area (Å²) >= 11 is 0. The van der Waals surface area contributed by atoms with Crippen LogP contribution < -0.4 is 5.32 Å². The number of aliphatic hydroxyl groups is 1. The molecule has 20 heavy (non-hydrogen) atoms. The molecule has 0 aromatic carbocycles. The molecule has 0 aliphatic carbocycles. The third-order valence-corrected chi connectivity index (χ3v) is 3.20. The summed E-state index contributed by atoms with van der Waals surface area (Å²) < 4.78 is 10.7. The van der Waals surface area contributed by atoms with Crippen molar-refractivity contribution >= 4 is 5.91 Å². The zero-order chi connectivity index (χ0) is 14.5. The molecule has 5 nitrogen and oxygen atoms in total. The van der Waals surface area contributed by atoms with E-state index in [1.54, 1.807) is 18.2 Å². The van der Waals surface area contributed by atoms with Gasteiger partial charge in [0.05, 0.1) is 12.9 Å². The minimum atomic E-state index is -0.572. The van der Waals surface area contributed by atoms with Crippen LogP contribution in [0, 0.1) is 0 Å². The van der Waals surface area contributed by atoms with E-state index >= 15 is 0 Å². The second-order valence-corrected chi connectivity index (χ2v) is 4.49. The molecule has 5 heteroatoms. The van der Waals surface area contributed by atoms with Crippen molar-refractivity contribution in [1.29, 1.82) is 0 Å². The molecule has 2 aromatic heterocycles. The average Bonchev–Trinajstić information content (AvgIpc) is 3.12. The normalized spacial score (nSPS) is 12.3. The lowest BCUT2D eigenvalue weighted by molar-refractivity contribution is 0.0877. The van der Waals surface area contributed by atoms with Gasteiger partial charge < -0.3 is 19.3 Å². The lowest BCUT2D eigenvalue weighted by Gasteiger charge is -2.12. The molecule has 0 aliphatic heterocycles. The first kappa shape index (κ1) is 14.4. The minimum Gasteiger partial charge on any atom is -0.467 e. The van der Waals surface area contributed by atoms with Crippen LogP contribution in [0.15, 0.2) is 33.3 Å². The fourth-order valence-corrected chi connectivity index (χ4v) is 2.10. The van der Waals surface area contributed by atoms with Gasteiger partial charge in [-0.25, -0.2) is 0 Å². The van der Waals surface area contributed by atoms with E-state index in [1.165, 1.54) is 6.26 Å². The molecule has 108 valence electrons. The van der Waals surface area contributed by atoms with E-state index in [2.05, 4.69) is 5.32 Å². The van der Waals surface area contributed by atoms with E-state index in [-0.39, 0.29) is 18.3 Å². The number of aryl methyl sites for hydroxylation is 2. The maximum Gasteiger partial charge on any atom is 0.287 e. The van der Waals surface area contributed by atoms with E-state index in [1.807, 2.05) is 13.8 Å². The summed E-state index contributed by atoms with van der Waals surface area (Å²) in [6.45, 7) is 3.77. The van der Waals surface area contributed by atoms with E-state index in [0.29, 0.717) is 5.76 Å². The summed E-state index contributed by atoms with van der Waals surface area (Å²) in [6.07, 6.45) is 3.07. The highest BCUT2D eigenvalue weighted by Crippen LogP contribution is 2.19. The Hall–Kier alpha value is -2.01. The van der Waals surface area contributed by atoms with Crippen LogP contribution in [0.2, 0.25) is 0 Å². The minimum absolute atomic E-state index is 0.235. The maximum atomic E-state index is 12.1. The van der Waals surface area contributed by atoms with Gasteiger partial charge in [0.25, 0.3) is 5.91 Å². The molecule has 0 saturated heterocycles. The number of hydrogen-bond acceptors (Lipinski definition) is 4. The maximum absolute atomic E-state index is 12.1. The van der Waals surface area contributed by atoms with Gasteiger partial charge in [0.1, 0.15) is 17.6 Å². The Morgan fingerprint density at radius 2 is 2.20 bits per heavy atom. The largest absolute Gasteiger partial charge is 0.467 e. The summed E-state index contributed by atoms with van der Waals surface area (Å²) in [7, 11) is 0. The number of carbonyl (C=O) groups excluding carboxylic acids is 1. The number of nitrogens with one attached hydrogen (secondary N) is 1. The highest BCUT2D eigenvalue weighted by Gasteiger charge is 2.20. The van der Waals surface area contributed by atoms with Crippen LogP contribution in [-0.4, -0.2) is 17.6 Å². The number of furan rings is 2. The Morgan fingerprint density at radius 1 is 1.40 bits per heavy atom. The van der Waals surface area contributed by atoms with Crippen molar-refractivity contribution in [3.05, 3.63) is 47.3 Å². The summed E-state index contributed by atoms with van der Waals surface area (Å²) in [5, 5.41) is 12.0. The third kappa shape index (κ3) is 2.93. The van der Waals surface area contributed by atoms with Crippen molar-refractivity contribution in [2.45, 2.75) is 32.7 Å². The van der Waals surface area contributed by atoms with Gasteiger partial charge in [-0.2, -0.15) is 0 Å². The third-order valence-electron chi connectivity index (χ3n) is 3.20. The van der Waals surface area contributed by atoms with Crippen LogP contribution in [-0.2, 0) is 12.8 Å². The van der Waals surface area contributed by atoms with Gasteiger partial charge in [0.2, 0.25) is 0 Å². The molecule has 2 aromatic rings. The lowest BCUT2D eigenvalue weighted by Crippen LogP contribution is -2.30. The van der Waals surface area contributed by atoms with E-state index in [0.717, 1.165) is 24.2 Å². The van der Waals surface area contributed by atoms with Gasteiger partial charge in [0, 0.05) is 6.42 Å². The van der Waals surface area contributed by atoms with Crippen LogP contribution in [0.4, 0.5) is 0 Å². The van der Waals surface area contributed by atoms with Crippen molar-refractivity contribution in [2.24, 2.45) is 0 Å². The number of amides is 1. The first-order valence-corrected chi connectivity index (χ1v) is 6.76. The molecule has 2 rings (SSSR count). The first-order chi connectivity index (χ1) is 9.69. The molecule has 2 heterocycles. The second kappa shape index (κ2) is 6.43. The fraction of sp³-hybridized carbons (Fsp3) is 0.400. The SMILES string of the molecule is CCc1cc(C(=O)NC(CO)c2ccco2)oc1CC. The lowest BCUT2D eigenvalue weighted by atomic mass is 10.1. The Kier molecular flexibility index (Phi) is 4.63. The molecule has 0 spiro atoms. The Balaban J connectivity index is 2.13. The molecule has 1 atom stereocenters. The monoisotopic (exact) mass is 277 g/mol. The van der Waals surface area contributed by atoms with Crippen LogP contribution >= 0.6 is 0 Å². The summed E-state index contributed by atoms with van der Waals surface area (Å²) in [5.74, 6) is 1.26. The van der Waals surface area contributed by atoms with Gasteiger partial charge in [0.15, 0.2) is 5.76 Å². The number of aliphatic hydroxyl groups excluding tert-OH is 1. The average molecular weight is 277 g/mol. The standard InChI is InChI=1S/C15H19NO4/c1-3-10-8-14(20-12(10)4-2)15(18)16-11(9-17)13-6-5-7-19-13/h5-8,11,17H,3-4,9H2,1-2H3,(H,16,18). The molecule has 0 fully saturated rings. The van der Waals surface area contributed by atoms with Crippen LogP contribution in [0.5, 0.6) is 0 Å². The summed E-state index contributed by atoms with van der Waals surface area (Å²) in [5.41, 5.74) is 1.04. The Morgan fingerprint density at radius 3 is 2.70 bits per heavy atom.